The topological polar surface area (TPSA) is 63.9 Å². The zero-order valence-corrected chi connectivity index (χ0v) is 22.5. The van der Waals surface area contributed by atoms with Crippen LogP contribution >= 0.6 is 24.0 Å². The summed E-state index contributed by atoms with van der Waals surface area (Å²) in [4.78, 5) is 7.55. The Morgan fingerprint density at radius 3 is 2.64 bits per heavy atom. The van der Waals surface area contributed by atoms with Crippen LogP contribution in [0.15, 0.2) is 41.7 Å². The molecule has 2 heterocycles. The van der Waals surface area contributed by atoms with Gasteiger partial charge in [-0.2, -0.15) is 5.10 Å². The van der Waals surface area contributed by atoms with E-state index in [1.165, 1.54) is 37.7 Å². The Morgan fingerprint density at radius 2 is 2.00 bits per heavy atom. The first-order chi connectivity index (χ1) is 15.6. The smallest absolute Gasteiger partial charge is 0.194 e. The van der Waals surface area contributed by atoms with E-state index in [-0.39, 0.29) is 35.5 Å². The molecule has 4 rings (SSSR count). The minimum atomic E-state index is 0. The van der Waals surface area contributed by atoms with Crippen molar-refractivity contribution in [2.45, 2.75) is 50.5 Å². The summed E-state index contributed by atoms with van der Waals surface area (Å²) in [6.45, 7) is 6.10. The second kappa shape index (κ2) is 12.1. The number of morpholine rings is 1. The fourth-order valence-corrected chi connectivity index (χ4v) is 5.01. The van der Waals surface area contributed by atoms with Gasteiger partial charge < -0.3 is 19.7 Å². The molecule has 2 aliphatic rings. The average molecular weight is 568 g/mol. The normalized spacial score (nSPS) is 20.8. The van der Waals surface area contributed by atoms with Crippen molar-refractivity contribution in [2.24, 2.45) is 12.0 Å². The van der Waals surface area contributed by atoms with Gasteiger partial charge in [-0.15, -0.1) is 24.0 Å². The Hall–Kier alpha value is -1.81. The molecule has 1 N–H and O–H groups in total. The molecular weight excluding hydrogens is 529 g/mol. The molecule has 2 aromatic rings. The lowest BCUT2D eigenvalue weighted by molar-refractivity contribution is -0.00809. The highest BCUT2D eigenvalue weighted by atomic mass is 127. The van der Waals surface area contributed by atoms with Crippen LogP contribution in [0, 0.1) is 0 Å². The maximum Gasteiger partial charge on any atom is 0.194 e. The van der Waals surface area contributed by atoms with Gasteiger partial charge >= 0.3 is 0 Å². The third kappa shape index (κ3) is 6.20. The van der Waals surface area contributed by atoms with Gasteiger partial charge in [0.25, 0.3) is 0 Å². The zero-order chi connectivity index (χ0) is 22.4. The molecule has 1 aromatic carbocycles. The number of benzene rings is 1. The van der Waals surface area contributed by atoms with E-state index in [1.54, 1.807) is 7.11 Å². The predicted octanol–water partition coefficient (Wildman–Crippen LogP) is 4.29. The zero-order valence-electron chi connectivity index (χ0n) is 20.1. The Kier molecular flexibility index (Phi) is 9.43. The predicted molar refractivity (Wildman–Crippen MR) is 143 cm³/mol. The molecule has 1 saturated heterocycles. The van der Waals surface area contributed by atoms with Gasteiger partial charge in [-0.05, 0) is 37.5 Å². The maximum atomic E-state index is 6.05. The lowest BCUT2D eigenvalue weighted by Crippen LogP contribution is -2.48. The molecule has 33 heavy (non-hydrogen) atoms. The first-order valence-corrected chi connectivity index (χ1v) is 11.9. The number of rotatable bonds is 6. The molecule has 0 spiro atoms. The van der Waals surface area contributed by atoms with Crippen molar-refractivity contribution in [1.29, 1.82) is 0 Å². The fourth-order valence-electron chi connectivity index (χ4n) is 5.01. The van der Waals surface area contributed by atoms with Crippen LogP contribution in [0.3, 0.4) is 0 Å². The summed E-state index contributed by atoms with van der Waals surface area (Å²) in [7, 11) is 3.66. The van der Waals surface area contributed by atoms with Crippen LogP contribution in [-0.2, 0) is 17.2 Å². The summed E-state index contributed by atoms with van der Waals surface area (Å²) in [6.07, 6.45) is 10.2. The van der Waals surface area contributed by atoms with E-state index in [0.29, 0.717) is 6.61 Å². The summed E-state index contributed by atoms with van der Waals surface area (Å²) in [5.74, 6) is 1.90. The number of methoxy groups -OCH3 is 1. The van der Waals surface area contributed by atoms with Gasteiger partial charge in [0.1, 0.15) is 11.9 Å². The van der Waals surface area contributed by atoms with Gasteiger partial charge in [-0.1, -0.05) is 31.4 Å². The van der Waals surface area contributed by atoms with Crippen molar-refractivity contribution in [3.8, 4) is 5.75 Å². The van der Waals surface area contributed by atoms with Crippen LogP contribution in [0.5, 0.6) is 5.75 Å². The SMILES string of the molecule is CCNC(=NCC1(c2ccc(OC)cc2)CCCCC1)N1CCOC(c2cnn(C)c2)C1.I. The molecule has 1 aromatic heterocycles. The summed E-state index contributed by atoms with van der Waals surface area (Å²) < 4.78 is 13.3. The molecule has 0 amide bonds. The molecule has 8 heteroatoms. The average Bonchev–Trinajstić information content (AvgIpc) is 3.29. The van der Waals surface area contributed by atoms with Gasteiger partial charge in [0.15, 0.2) is 5.96 Å². The lowest BCUT2D eigenvalue weighted by atomic mass is 9.69. The summed E-state index contributed by atoms with van der Waals surface area (Å²) in [6, 6.07) is 8.64. The molecule has 1 aliphatic heterocycles. The highest BCUT2D eigenvalue weighted by molar-refractivity contribution is 14.0. The third-order valence-corrected chi connectivity index (χ3v) is 6.84. The van der Waals surface area contributed by atoms with E-state index >= 15 is 0 Å². The summed E-state index contributed by atoms with van der Waals surface area (Å²) in [5, 5.41) is 7.85. The van der Waals surface area contributed by atoms with Crippen molar-refractivity contribution in [3.05, 3.63) is 47.8 Å². The van der Waals surface area contributed by atoms with Gasteiger partial charge in [0.2, 0.25) is 0 Å². The second-order valence-electron chi connectivity index (χ2n) is 8.99. The monoisotopic (exact) mass is 567 g/mol. The molecule has 1 unspecified atom stereocenters. The Bertz CT molecular complexity index is 892. The van der Waals surface area contributed by atoms with Gasteiger partial charge in [0, 0.05) is 37.3 Å². The number of nitrogens with one attached hydrogen (secondary N) is 1. The van der Waals surface area contributed by atoms with Crippen LogP contribution in [0.25, 0.3) is 0 Å². The molecular formula is C25H38IN5O2. The minimum absolute atomic E-state index is 0. The quantitative estimate of drug-likeness (QED) is 0.321. The van der Waals surface area contributed by atoms with Crippen LogP contribution in [-0.4, -0.2) is 60.5 Å². The van der Waals surface area contributed by atoms with Gasteiger partial charge in [-0.25, -0.2) is 0 Å². The second-order valence-corrected chi connectivity index (χ2v) is 8.99. The van der Waals surface area contributed by atoms with Crippen LogP contribution < -0.4 is 10.1 Å². The largest absolute Gasteiger partial charge is 0.497 e. The minimum Gasteiger partial charge on any atom is -0.497 e. The van der Waals surface area contributed by atoms with E-state index in [1.807, 2.05) is 24.1 Å². The van der Waals surface area contributed by atoms with Gasteiger partial charge in [-0.3, -0.25) is 9.67 Å². The highest BCUT2D eigenvalue weighted by Crippen LogP contribution is 2.40. The van der Waals surface area contributed by atoms with Crippen molar-refractivity contribution < 1.29 is 9.47 Å². The van der Waals surface area contributed by atoms with Gasteiger partial charge in [0.05, 0.1) is 33.0 Å². The molecule has 1 saturated carbocycles. The number of hydrogen-bond acceptors (Lipinski definition) is 4. The van der Waals surface area contributed by atoms with Crippen molar-refractivity contribution in [1.82, 2.24) is 20.0 Å². The van der Waals surface area contributed by atoms with E-state index in [9.17, 15) is 0 Å². The Balaban J connectivity index is 0.00000306. The van der Waals surface area contributed by atoms with Crippen LogP contribution in [0.2, 0.25) is 0 Å². The number of hydrogen-bond donors (Lipinski definition) is 1. The van der Waals surface area contributed by atoms with E-state index in [0.717, 1.165) is 43.5 Å². The first-order valence-electron chi connectivity index (χ1n) is 11.9. The fraction of sp³-hybridized carbons (Fsp3) is 0.600. The number of aromatic nitrogens is 2. The number of guanidine groups is 1. The van der Waals surface area contributed by atoms with E-state index in [2.05, 4.69) is 46.5 Å². The van der Waals surface area contributed by atoms with Crippen molar-refractivity contribution >= 4 is 29.9 Å². The van der Waals surface area contributed by atoms with E-state index in [4.69, 9.17) is 14.5 Å². The molecule has 1 atom stereocenters. The number of nitrogens with zero attached hydrogens (tertiary/aromatic N) is 4. The Labute approximate surface area is 214 Å². The Morgan fingerprint density at radius 1 is 1.24 bits per heavy atom. The molecule has 7 nitrogen and oxygen atoms in total. The summed E-state index contributed by atoms with van der Waals surface area (Å²) in [5.41, 5.74) is 2.60. The number of ether oxygens (including phenoxy) is 2. The number of halogens is 1. The standard InChI is InChI=1S/C25H37N5O2.HI/c1-4-26-24(30-14-15-32-23(18-30)20-16-28-29(2)17-20)27-19-25(12-6-5-7-13-25)21-8-10-22(31-3)11-9-21;/h8-11,16-17,23H,4-7,12-15,18-19H2,1-3H3,(H,26,27);1H. The maximum absolute atomic E-state index is 6.05. The van der Waals surface area contributed by atoms with Crippen LogP contribution in [0.4, 0.5) is 0 Å². The first kappa shape index (κ1) is 25.8. The number of aryl methyl sites for hydroxylation is 1. The van der Waals surface area contributed by atoms with E-state index < -0.39 is 0 Å². The lowest BCUT2D eigenvalue weighted by Gasteiger charge is -2.38. The molecule has 1 aliphatic carbocycles. The van der Waals surface area contributed by atoms with Crippen LogP contribution in [0.1, 0.15) is 56.3 Å². The van der Waals surface area contributed by atoms with Crippen molar-refractivity contribution in [3.63, 3.8) is 0 Å². The summed E-state index contributed by atoms with van der Waals surface area (Å²) >= 11 is 0. The highest BCUT2D eigenvalue weighted by Gasteiger charge is 2.34. The van der Waals surface area contributed by atoms with Crippen molar-refractivity contribution in [2.75, 3.05) is 39.9 Å². The number of aliphatic imine (C=N–C) groups is 1. The third-order valence-electron chi connectivity index (χ3n) is 6.84. The molecule has 0 radical (unpaired) electrons. The molecule has 182 valence electrons. The molecule has 0 bridgehead atoms. The molecule has 2 fully saturated rings.